The molecule has 1 aliphatic heterocycles. The number of β-lactam (4-membered cyclic amide) rings is 1. The van der Waals surface area contributed by atoms with Gasteiger partial charge < -0.3 is 10.1 Å². The first-order chi connectivity index (χ1) is 11.0. The summed E-state index contributed by atoms with van der Waals surface area (Å²) in [5.41, 5.74) is -0.761. The van der Waals surface area contributed by atoms with Crippen molar-refractivity contribution >= 4 is 22.3 Å². The molecule has 1 fully saturated rings. The van der Waals surface area contributed by atoms with Crippen LogP contribution in [-0.4, -0.2) is 47.0 Å². The van der Waals surface area contributed by atoms with Crippen molar-refractivity contribution in [2.75, 3.05) is 0 Å². The lowest BCUT2D eigenvalue weighted by atomic mass is 9.99. The summed E-state index contributed by atoms with van der Waals surface area (Å²) in [6, 6.07) is 3.18. The highest BCUT2D eigenvalue weighted by Crippen LogP contribution is 2.24. The molecule has 1 aromatic rings. The van der Waals surface area contributed by atoms with E-state index in [2.05, 4.69) is 5.32 Å². The molecule has 1 aromatic heterocycles. The van der Waals surface area contributed by atoms with Crippen molar-refractivity contribution in [2.45, 2.75) is 45.0 Å². The molecule has 2 rings (SSSR count). The Morgan fingerprint density at radius 2 is 1.92 bits per heavy atom. The van der Waals surface area contributed by atoms with Crippen molar-refractivity contribution in [1.82, 2.24) is 9.62 Å². The van der Waals surface area contributed by atoms with Crippen LogP contribution in [0.4, 0.5) is 4.79 Å². The van der Waals surface area contributed by atoms with Crippen molar-refractivity contribution in [2.24, 2.45) is 0 Å². The van der Waals surface area contributed by atoms with Crippen LogP contribution < -0.4 is 9.88 Å². The van der Waals surface area contributed by atoms with Gasteiger partial charge in [0.05, 0.1) is 0 Å². The molecule has 0 unspecified atom stereocenters. The Morgan fingerprint density at radius 1 is 1.33 bits per heavy atom. The Balaban J connectivity index is 2.16. The summed E-state index contributed by atoms with van der Waals surface area (Å²) < 4.78 is 39.1. The maximum atomic E-state index is 12.0. The number of aromatic nitrogens is 1. The van der Waals surface area contributed by atoms with E-state index in [1.807, 2.05) is 0 Å². The third-order valence-electron chi connectivity index (χ3n) is 3.27. The van der Waals surface area contributed by atoms with E-state index in [0.29, 0.717) is 4.31 Å². The lowest BCUT2D eigenvalue weighted by Crippen LogP contribution is -2.74. The summed E-state index contributed by atoms with van der Waals surface area (Å²) in [6.07, 6.45) is 2.52. The molecular formula is C14H20N3O6S+. The van der Waals surface area contributed by atoms with Gasteiger partial charge in [0, 0.05) is 12.1 Å². The lowest BCUT2D eigenvalue weighted by Gasteiger charge is -2.42. The first-order valence-corrected chi connectivity index (χ1v) is 8.63. The fourth-order valence-corrected chi connectivity index (χ4v) is 3.22. The highest BCUT2D eigenvalue weighted by molar-refractivity contribution is 7.84. The second kappa shape index (κ2) is 6.36. The fourth-order valence-electron chi connectivity index (χ4n) is 2.35. The quantitative estimate of drug-likeness (QED) is 0.440. The van der Waals surface area contributed by atoms with Crippen molar-refractivity contribution in [3.05, 3.63) is 30.6 Å². The fraction of sp³-hybridized carbons (Fsp3) is 0.500. The Bertz CT molecular complexity index is 729. The Hall–Kier alpha value is -2.20. The lowest BCUT2D eigenvalue weighted by molar-refractivity contribution is -0.701. The summed E-state index contributed by atoms with van der Waals surface area (Å²) >= 11 is 0. The van der Waals surface area contributed by atoms with E-state index in [1.165, 1.54) is 0 Å². The molecule has 1 saturated heterocycles. The van der Waals surface area contributed by atoms with Gasteiger partial charge in [0.15, 0.2) is 18.9 Å². The molecule has 0 aromatic carbocycles. The molecule has 24 heavy (non-hydrogen) atoms. The monoisotopic (exact) mass is 358 g/mol. The van der Waals surface area contributed by atoms with Crippen molar-refractivity contribution in [3.63, 3.8) is 0 Å². The molecule has 132 valence electrons. The third-order valence-corrected chi connectivity index (χ3v) is 4.21. The highest BCUT2D eigenvalue weighted by Gasteiger charge is 2.56. The van der Waals surface area contributed by atoms with Crippen LogP contribution in [0.1, 0.15) is 20.8 Å². The van der Waals surface area contributed by atoms with Crippen molar-refractivity contribution in [1.29, 1.82) is 0 Å². The molecule has 0 aliphatic carbocycles. The molecule has 2 N–H and O–H groups in total. The highest BCUT2D eigenvalue weighted by atomic mass is 32.2. The number of hydrogen-bond acceptors (Lipinski definition) is 5. The van der Waals surface area contributed by atoms with Crippen LogP contribution in [0.2, 0.25) is 0 Å². The van der Waals surface area contributed by atoms with Gasteiger partial charge in [-0.2, -0.15) is 8.42 Å². The minimum atomic E-state index is -4.71. The first kappa shape index (κ1) is 18.1. The van der Waals surface area contributed by atoms with Crippen LogP contribution in [0.5, 0.6) is 0 Å². The number of nitrogens with one attached hydrogen (secondary N) is 1. The zero-order chi connectivity index (χ0) is 18.1. The van der Waals surface area contributed by atoms with Gasteiger partial charge in [0.25, 0.3) is 5.91 Å². The topological polar surface area (TPSA) is 117 Å². The minimum absolute atomic E-state index is 0.0762. The zero-order valence-electron chi connectivity index (χ0n) is 13.5. The largest absolute Gasteiger partial charge is 0.444 e. The SMILES string of the molecule is CC(C)(C)OC(=O)N[C@H]1C(=O)N(S(=O)(=O)O)[C@H]1C[n+]1ccccc1. The maximum absolute atomic E-state index is 12.0. The Labute approximate surface area is 140 Å². The predicted molar refractivity (Wildman–Crippen MR) is 82.0 cm³/mol. The van der Waals surface area contributed by atoms with Crippen LogP contribution in [-0.2, 0) is 26.4 Å². The molecule has 2 heterocycles. The minimum Gasteiger partial charge on any atom is -0.444 e. The van der Waals surface area contributed by atoms with E-state index < -0.39 is 40.0 Å². The van der Waals surface area contributed by atoms with Crippen molar-refractivity contribution in [3.8, 4) is 0 Å². The smallest absolute Gasteiger partial charge is 0.408 e. The van der Waals surface area contributed by atoms with Gasteiger partial charge >= 0.3 is 16.4 Å². The molecule has 1 aliphatic rings. The maximum Gasteiger partial charge on any atom is 0.408 e. The van der Waals surface area contributed by atoms with Crippen LogP contribution in [0.25, 0.3) is 0 Å². The van der Waals surface area contributed by atoms with Gasteiger partial charge in [-0.1, -0.05) is 6.07 Å². The number of ether oxygens (including phenoxy) is 1. The molecule has 2 amide bonds. The van der Waals surface area contributed by atoms with Crippen LogP contribution in [0.3, 0.4) is 0 Å². The van der Waals surface area contributed by atoms with Crippen LogP contribution >= 0.6 is 0 Å². The number of carbonyl (C=O) groups is 2. The van der Waals surface area contributed by atoms with Gasteiger partial charge in [0.1, 0.15) is 17.7 Å². The average Bonchev–Trinajstić information content (AvgIpc) is 2.42. The number of rotatable bonds is 4. The summed E-state index contributed by atoms with van der Waals surface area (Å²) in [6.45, 7) is 5.07. The van der Waals surface area contributed by atoms with Crippen molar-refractivity contribution < 1.29 is 31.9 Å². The van der Waals surface area contributed by atoms with E-state index in [0.717, 1.165) is 0 Å². The number of nitrogens with zero attached hydrogens (tertiary/aromatic N) is 2. The summed E-state index contributed by atoms with van der Waals surface area (Å²) in [5, 5.41) is 2.35. The van der Waals surface area contributed by atoms with E-state index in [1.54, 1.807) is 55.9 Å². The van der Waals surface area contributed by atoms with Crippen LogP contribution in [0, 0.1) is 0 Å². The van der Waals surface area contributed by atoms with Gasteiger partial charge in [-0.05, 0) is 20.8 Å². The number of pyridine rings is 1. The molecule has 9 nitrogen and oxygen atoms in total. The standard InChI is InChI=1S/C14H19N3O6S/c1-14(2,3)23-13(19)15-11-10(9-16-7-5-4-6-8-16)17(12(11)18)24(20,21)22/h4-8,10-11H,9H2,1-3H3,(H-,15,19,20,21,22)/p+1/t10-,11+/m0/s1. The van der Waals surface area contributed by atoms with E-state index in [4.69, 9.17) is 4.74 Å². The van der Waals surface area contributed by atoms with Gasteiger partial charge in [-0.25, -0.2) is 13.7 Å². The Morgan fingerprint density at radius 3 is 2.42 bits per heavy atom. The summed E-state index contributed by atoms with van der Waals surface area (Å²) in [5.74, 6) is -0.912. The second-order valence-corrected chi connectivity index (χ2v) is 7.66. The number of alkyl carbamates (subject to hydrolysis) is 1. The summed E-state index contributed by atoms with van der Waals surface area (Å²) in [7, 11) is -4.71. The van der Waals surface area contributed by atoms with Gasteiger partial charge in [-0.15, -0.1) is 0 Å². The number of amides is 2. The molecule has 0 spiro atoms. The summed E-state index contributed by atoms with van der Waals surface area (Å²) in [4.78, 5) is 23.9. The zero-order valence-corrected chi connectivity index (χ0v) is 14.4. The number of hydrogen-bond donors (Lipinski definition) is 2. The van der Waals surface area contributed by atoms with Gasteiger partial charge in [-0.3, -0.25) is 9.35 Å². The molecule has 10 heteroatoms. The van der Waals surface area contributed by atoms with E-state index in [9.17, 15) is 22.6 Å². The predicted octanol–water partition coefficient (Wildman–Crippen LogP) is -0.119. The van der Waals surface area contributed by atoms with Gasteiger partial charge in [0.2, 0.25) is 0 Å². The second-order valence-electron chi connectivity index (χ2n) is 6.38. The number of carbonyl (C=O) groups excluding carboxylic acids is 2. The molecule has 0 saturated carbocycles. The van der Waals surface area contributed by atoms with E-state index >= 15 is 0 Å². The normalized spacial score (nSPS) is 21.2. The average molecular weight is 358 g/mol. The van der Waals surface area contributed by atoms with E-state index in [-0.39, 0.29) is 6.54 Å². The molecule has 0 bridgehead atoms. The molecule has 0 radical (unpaired) electrons. The Kier molecular flexibility index (Phi) is 4.81. The first-order valence-electron chi connectivity index (χ1n) is 7.23. The molecule has 2 atom stereocenters. The van der Waals surface area contributed by atoms with Crippen LogP contribution in [0.15, 0.2) is 30.6 Å². The third kappa shape index (κ3) is 4.20. The molecular weight excluding hydrogens is 338 g/mol.